The summed E-state index contributed by atoms with van der Waals surface area (Å²) in [5.74, 6) is -0.813. The van der Waals surface area contributed by atoms with Crippen LogP contribution < -0.4 is 0 Å². The van der Waals surface area contributed by atoms with Crippen LogP contribution in [0.25, 0.3) is 0 Å². The van der Waals surface area contributed by atoms with Gasteiger partial charge < -0.3 is 18.9 Å². The first kappa shape index (κ1) is 55.7. The summed E-state index contributed by atoms with van der Waals surface area (Å²) in [6.45, 7) is 4.28. The van der Waals surface area contributed by atoms with Crippen molar-refractivity contribution in [2.45, 2.75) is 187 Å². The maximum atomic E-state index is 12.7. The molecular formula is C48H87NO8P+. The molecule has 0 aliphatic carbocycles. The molecule has 0 bridgehead atoms. The molecule has 336 valence electrons. The van der Waals surface area contributed by atoms with E-state index in [2.05, 4.69) is 74.6 Å². The van der Waals surface area contributed by atoms with E-state index in [1.165, 1.54) is 70.6 Å². The zero-order chi connectivity index (χ0) is 42.8. The molecule has 0 spiro atoms. The monoisotopic (exact) mass is 837 g/mol. The Morgan fingerprint density at radius 3 is 1.47 bits per heavy atom. The second-order valence-electron chi connectivity index (χ2n) is 16.4. The molecule has 1 N–H and O–H groups in total. The number of rotatable bonds is 41. The normalized spacial score (nSPS) is 14.1. The number of carbonyl (C=O) groups is 2. The van der Waals surface area contributed by atoms with Crippen LogP contribution in [-0.4, -0.2) is 74.9 Å². The van der Waals surface area contributed by atoms with Gasteiger partial charge in [-0.15, -0.1) is 0 Å². The van der Waals surface area contributed by atoms with E-state index >= 15 is 0 Å². The maximum Gasteiger partial charge on any atom is 0.472 e. The van der Waals surface area contributed by atoms with Crippen molar-refractivity contribution in [3.05, 3.63) is 60.8 Å². The smallest absolute Gasteiger partial charge is 0.462 e. The van der Waals surface area contributed by atoms with E-state index < -0.39 is 26.5 Å². The maximum absolute atomic E-state index is 12.7. The minimum atomic E-state index is -4.38. The van der Waals surface area contributed by atoms with Crippen LogP contribution in [0.1, 0.15) is 181 Å². The number of likely N-dealkylation sites (N-methyl/N-ethyl adjacent to an activating group) is 1. The van der Waals surface area contributed by atoms with Crippen molar-refractivity contribution in [1.82, 2.24) is 0 Å². The molecule has 0 heterocycles. The van der Waals surface area contributed by atoms with Gasteiger partial charge in [0.05, 0.1) is 27.7 Å². The Hall–Kier alpha value is -2.29. The number of ether oxygens (including phenoxy) is 2. The Balaban J connectivity index is 4.30. The van der Waals surface area contributed by atoms with Gasteiger partial charge >= 0.3 is 19.8 Å². The SMILES string of the molecule is CC/C=C\C/C=C\C/C=C\C/C=C\C/C=C\CCCCCCCCCC(=O)OC(COC(=O)CCCCCCCCCCCCC)COP(=O)(O)OCC[N+](C)(C)C. The third-order valence-electron chi connectivity index (χ3n) is 9.56. The van der Waals surface area contributed by atoms with E-state index in [1.807, 2.05) is 21.1 Å². The lowest BCUT2D eigenvalue weighted by Crippen LogP contribution is -2.37. The Kier molecular flexibility index (Phi) is 38.5. The summed E-state index contributed by atoms with van der Waals surface area (Å²) in [7, 11) is 1.46. The zero-order valence-corrected chi connectivity index (χ0v) is 38.7. The zero-order valence-electron chi connectivity index (χ0n) is 37.8. The number of phosphoric ester groups is 1. The van der Waals surface area contributed by atoms with Gasteiger partial charge in [0.25, 0.3) is 0 Å². The Morgan fingerprint density at radius 2 is 0.983 bits per heavy atom. The molecule has 0 aromatic rings. The van der Waals surface area contributed by atoms with Crippen LogP contribution >= 0.6 is 7.82 Å². The first-order valence-corrected chi connectivity index (χ1v) is 24.5. The highest BCUT2D eigenvalue weighted by molar-refractivity contribution is 7.47. The highest BCUT2D eigenvalue weighted by atomic mass is 31.2. The minimum Gasteiger partial charge on any atom is -0.462 e. The summed E-state index contributed by atoms with van der Waals surface area (Å²) in [5, 5.41) is 0. The molecule has 0 aliphatic heterocycles. The van der Waals surface area contributed by atoms with Gasteiger partial charge in [-0.1, -0.05) is 171 Å². The summed E-state index contributed by atoms with van der Waals surface area (Å²) in [4.78, 5) is 35.4. The Labute approximate surface area is 356 Å². The van der Waals surface area contributed by atoms with Crippen LogP contribution in [0.3, 0.4) is 0 Å². The number of hydrogen-bond donors (Lipinski definition) is 1. The quantitative estimate of drug-likeness (QED) is 0.0213. The second kappa shape index (κ2) is 40.1. The van der Waals surface area contributed by atoms with E-state index in [1.54, 1.807) is 0 Å². The van der Waals surface area contributed by atoms with E-state index in [-0.39, 0.29) is 32.0 Å². The number of phosphoric acid groups is 1. The summed E-state index contributed by atoms with van der Waals surface area (Å²) in [6, 6.07) is 0. The van der Waals surface area contributed by atoms with E-state index in [4.69, 9.17) is 18.5 Å². The Bertz CT molecular complexity index is 1170. The molecule has 0 aromatic carbocycles. The summed E-state index contributed by atoms with van der Waals surface area (Å²) >= 11 is 0. The molecule has 0 radical (unpaired) electrons. The highest BCUT2D eigenvalue weighted by Crippen LogP contribution is 2.43. The lowest BCUT2D eigenvalue weighted by atomic mass is 10.1. The number of nitrogens with zero attached hydrogens (tertiary/aromatic N) is 1. The lowest BCUT2D eigenvalue weighted by Gasteiger charge is -2.24. The largest absolute Gasteiger partial charge is 0.472 e. The van der Waals surface area contributed by atoms with Gasteiger partial charge in [-0.3, -0.25) is 18.6 Å². The van der Waals surface area contributed by atoms with Crippen LogP contribution in [0.5, 0.6) is 0 Å². The first-order chi connectivity index (χ1) is 28.0. The van der Waals surface area contributed by atoms with Crippen LogP contribution in [0.2, 0.25) is 0 Å². The average molecular weight is 837 g/mol. The van der Waals surface area contributed by atoms with Crippen molar-refractivity contribution >= 4 is 19.8 Å². The molecule has 2 atom stereocenters. The molecule has 10 heteroatoms. The van der Waals surface area contributed by atoms with Gasteiger partial charge in [-0.2, -0.15) is 0 Å². The molecular weight excluding hydrogens is 750 g/mol. The lowest BCUT2D eigenvalue weighted by molar-refractivity contribution is -0.870. The highest BCUT2D eigenvalue weighted by Gasteiger charge is 2.27. The minimum absolute atomic E-state index is 0.0278. The first-order valence-electron chi connectivity index (χ1n) is 23.0. The fourth-order valence-electron chi connectivity index (χ4n) is 5.98. The molecule has 0 aromatic heterocycles. The van der Waals surface area contributed by atoms with Crippen molar-refractivity contribution in [2.75, 3.05) is 47.5 Å². The molecule has 58 heavy (non-hydrogen) atoms. The molecule has 0 aliphatic rings. The van der Waals surface area contributed by atoms with Crippen LogP contribution in [0.15, 0.2) is 60.8 Å². The fraction of sp³-hybridized carbons (Fsp3) is 0.750. The van der Waals surface area contributed by atoms with Gasteiger partial charge in [0, 0.05) is 12.8 Å². The van der Waals surface area contributed by atoms with E-state index in [9.17, 15) is 19.0 Å². The van der Waals surface area contributed by atoms with E-state index in [0.717, 1.165) is 77.0 Å². The van der Waals surface area contributed by atoms with Crippen LogP contribution in [-0.2, 0) is 32.7 Å². The Morgan fingerprint density at radius 1 is 0.552 bits per heavy atom. The molecule has 0 amide bonds. The number of carbonyl (C=O) groups excluding carboxylic acids is 2. The van der Waals surface area contributed by atoms with Crippen LogP contribution in [0, 0.1) is 0 Å². The summed E-state index contributed by atoms with van der Waals surface area (Å²) in [6.07, 6.45) is 48.4. The predicted octanol–water partition coefficient (Wildman–Crippen LogP) is 13.2. The number of esters is 2. The number of quaternary nitrogens is 1. The van der Waals surface area contributed by atoms with E-state index in [0.29, 0.717) is 17.4 Å². The van der Waals surface area contributed by atoms with Gasteiger partial charge in [0.2, 0.25) is 0 Å². The van der Waals surface area contributed by atoms with Gasteiger partial charge in [-0.25, -0.2) is 4.57 Å². The molecule has 9 nitrogen and oxygen atoms in total. The molecule has 2 unspecified atom stereocenters. The third kappa shape index (κ3) is 43.3. The molecule has 0 rings (SSSR count). The fourth-order valence-corrected chi connectivity index (χ4v) is 6.72. The number of allylic oxidation sites excluding steroid dienone is 10. The summed E-state index contributed by atoms with van der Waals surface area (Å²) in [5.41, 5.74) is 0. The van der Waals surface area contributed by atoms with Crippen molar-refractivity contribution in [3.63, 3.8) is 0 Å². The van der Waals surface area contributed by atoms with Gasteiger partial charge in [0.15, 0.2) is 6.10 Å². The molecule has 0 saturated heterocycles. The second-order valence-corrected chi connectivity index (χ2v) is 17.9. The number of unbranched alkanes of at least 4 members (excludes halogenated alkanes) is 17. The van der Waals surface area contributed by atoms with Gasteiger partial charge in [0.1, 0.15) is 19.8 Å². The van der Waals surface area contributed by atoms with Crippen molar-refractivity contribution in [2.24, 2.45) is 0 Å². The van der Waals surface area contributed by atoms with Crippen molar-refractivity contribution < 1.29 is 42.1 Å². The topological polar surface area (TPSA) is 108 Å². The number of hydrogen-bond acceptors (Lipinski definition) is 7. The molecule has 0 fully saturated rings. The van der Waals surface area contributed by atoms with Crippen LogP contribution in [0.4, 0.5) is 0 Å². The molecule has 0 saturated carbocycles. The third-order valence-corrected chi connectivity index (χ3v) is 10.5. The van der Waals surface area contributed by atoms with Crippen molar-refractivity contribution in [1.29, 1.82) is 0 Å². The van der Waals surface area contributed by atoms with Crippen molar-refractivity contribution in [3.8, 4) is 0 Å². The van der Waals surface area contributed by atoms with Gasteiger partial charge in [-0.05, 0) is 57.8 Å². The average Bonchev–Trinajstić information content (AvgIpc) is 3.17. The predicted molar refractivity (Wildman–Crippen MR) is 243 cm³/mol. The standard InChI is InChI=1S/C48H86NO8P/c1-6-8-10-12-14-16-18-19-20-21-22-23-24-25-26-27-28-29-31-33-35-37-39-41-48(51)57-46(45-56-58(52,53)55-43-42-49(3,4)5)44-54-47(50)40-38-36-34-32-30-17-15-13-11-9-7-2/h8,10,14,16,19-20,22-23,25-26,46H,6-7,9,11-13,15,17-18,21,24,27-45H2,1-5H3/p+1/b10-8-,16-14-,20-19-,23-22-,26-25-. The summed E-state index contributed by atoms with van der Waals surface area (Å²) < 4.78 is 34.3.